The van der Waals surface area contributed by atoms with Crippen molar-refractivity contribution >= 4 is 27.3 Å². The number of hydrogen-bond acceptors (Lipinski definition) is 3. The largest absolute Gasteiger partial charge is 0.369 e. The normalized spacial score (nSPS) is 16.4. The molecule has 1 aliphatic heterocycles. The molecule has 3 rings (SSSR count). The number of halogens is 1. The smallest absolute Gasteiger partial charge is 0.243 e. The Kier molecular flexibility index (Phi) is 4.85. The van der Waals surface area contributed by atoms with Crippen LogP contribution in [0.4, 0.5) is 5.69 Å². The van der Waals surface area contributed by atoms with Crippen LogP contribution >= 0.6 is 11.6 Å². The number of rotatable bonds is 3. The molecule has 0 bridgehead atoms. The molecule has 0 aliphatic carbocycles. The van der Waals surface area contributed by atoms with Crippen LogP contribution in [-0.2, 0) is 10.0 Å². The average molecular weight is 365 g/mol. The van der Waals surface area contributed by atoms with Crippen LogP contribution in [0.3, 0.4) is 0 Å². The molecule has 0 amide bonds. The first-order chi connectivity index (χ1) is 11.4. The Balaban J connectivity index is 1.76. The highest BCUT2D eigenvalue weighted by Crippen LogP contribution is 2.25. The second kappa shape index (κ2) is 6.75. The Morgan fingerprint density at radius 1 is 0.958 bits per heavy atom. The van der Waals surface area contributed by atoms with Crippen LogP contribution in [0.2, 0.25) is 5.02 Å². The van der Waals surface area contributed by atoms with E-state index in [0.29, 0.717) is 31.2 Å². The van der Waals surface area contributed by atoms with Crippen molar-refractivity contribution in [2.75, 3.05) is 31.1 Å². The maximum absolute atomic E-state index is 12.8. The summed E-state index contributed by atoms with van der Waals surface area (Å²) in [6.07, 6.45) is 0. The topological polar surface area (TPSA) is 40.6 Å². The van der Waals surface area contributed by atoms with Gasteiger partial charge in [-0.15, -0.1) is 0 Å². The van der Waals surface area contributed by atoms with Crippen LogP contribution in [0.5, 0.6) is 0 Å². The lowest BCUT2D eigenvalue weighted by atomic mass is 10.1. The third-order valence-corrected chi connectivity index (χ3v) is 6.51. The van der Waals surface area contributed by atoms with E-state index in [1.165, 1.54) is 22.9 Å². The second-order valence-corrected chi connectivity index (χ2v) is 8.51. The minimum atomic E-state index is -3.49. The zero-order valence-corrected chi connectivity index (χ0v) is 15.4. The van der Waals surface area contributed by atoms with Gasteiger partial charge >= 0.3 is 0 Å². The van der Waals surface area contributed by atoms with Gasteiger partial charge in [0.15, 0.2) is 0 Å². The monoisotopic (exact) mass is 364 g/mol. The highest BCUT2D eigenvalue weighted by molar-refractivity contribution is 7.89. The van der Waals surface area contributed by atoms with Gasteiger partial charge < -0.3 is 4.90 Å². The van der Waals surface area contributed by atoms with Gasteiger partial charge in [-0.3, -0.25) is 0 Å². The summed E-state index contributed by atoms with van der Waals surface area (Å²) in [5.74, 6) is 0. The molecule has 1 fully saturated rings. The Labute approximate surface area is 148 Å². The van der Waals surface area contributed by atoms with E-state index in [-0.39, 0.29) is 4.90 Å². The summed E-state index contributed by atoms with van der Waals surface area (Å²) in [7, 11) is -3.49. The summed E-state index contributed by atoms with van der Waals surface area (Å²) >= 11 is 5.93. The van der Waals surface area contributed by atoms with Gasteiger partial charge in [0.1, 0.15) is 0 Å². The van der Waals surface area contributed by atoms with Gasteiger partial charge in [-0.05, 0) is 49.2 Å². The summed E-state index contributed by atoms with van der Waals surface area (Å²) in [4.78, 5) is 2.52. The molecule has 0 saturated carbocycles. The summed E-state index contributed by atoms with van der Waals surface area (Å²) in [6, 6.07) is 12.8. The van der Waals surface area contributed by atoms with Gasteiger partial charge in [0, 0.05) is 36.9 Å². The maximum Gasteiger partial charge on any atom is 0.243 e. The van der Waals surface area contributed by atoms with Crippen molar-refractivity contribution in [2.24, 2.45) is 0 Å². The van der Waals surface area contributed by atoms with Crippen molar-refractivity contribution < 1.29 is 8.42 Å². The van der Waals surface area contributed by atoms with Crippen LogP contribution in [0, 0.1) is 13.8 Å². The zero-order chi connectivity index (χ0) is 17.3. The summed E-state index contributed by atoms with van der Waals surface area (Å²) < 4.78 is 27.0. The fraction of sp³-hybridized carbons (Fsp3) is 0.333. The lowest BCUT2D eigenvalue weighted by Crippen LogP contribution is -2.48. The third kappa shape index (κ3) is 3.43. The number of nitrogens with zero attached hydrogens (tertiary/aromatic N) is 2. The van der Waals surface area contributed by atoms with E-state index >= 15 is 0 Å². The molecule has 0 spiro atoms. The minimum Gasteiger partial charge on any atom is -0.369 e. The first kappa shape index (κ1) is 17.3. The SMILES string of the molecule is Cc1ccc(C)c(N2CCN(S(=O)(=O)c3cccc(Cl)c3)CC2)c1. The second-order valence-electron chi connectivity index (χ2n) is 6.14. The van der Waals surface area contributed by atoms with Crippen LogP contribution < -0.4 is 4.90 Å². The lowest BCUT2D eigenvalue weighted by Gasteiger charge is -2.36. The highest BCUT2D eigenvalue weighted by atomic mass is 35.5. The van der Waals surface area contributed by atoms with E-state index in [1.54, 1.807) is 22.5 Å². The van der Waals surface area contributed by atoms with Gasteiger partial charge in [-0.25, -0.2) is 8.42 Å². The van der Waals surface area contributed by atoms with Crippen molar-refractivity contribution in [3.05, 3.63) is 58.6 Å². The highest BCUT2D eigenvalue weighted by Gasteiger charge is 2.29. The number of benzene rings is 2. The lowest BCUT2D eigenvalue weighted by molar-refractivity contribution is 0.384. The molecule has 1 heterocycles. The predicted octanol–water partition coefficient (Wildman–Crippen LogP) is 3.47. The molecule has 6 heteroatoms. The first-order valence-corrected chi connectivity index (χ1v) is 9.77. The van der Waals surface area contributed by atoms with Crippen molar-refractivity contribution in [2.45, 2.75) is 18.7 Å². The molecule has 0 aromatic heterocycles. The molecular formula is C18H21ClN2O2S. The number of piperazine rings is 1. The number of anilines is 1. The van der Waals surface area contributed by atoms with Gasteiger partial charge in [0.25, 0.3) is 0 Å². The molecule has 0 radical (unpaired) electrons. The fourth-order valence-electron chi connectivity index (χ4n) is 3.01. The molecule has 4 nitrogen and oxygen atoms in total. The number of sulfonamides is 1. The van der Waals surface area contributed by atoms with Crippen molar-refractivity contribution in [3.63, 3.8) is 0 Å². The molecule has 0 N–H and O–H groups in total. The van der Waals surface area contributed by atoms with E-state index in [0.717, 1.165) is 0 Å². The van der Waals surface area contributed by atoms with E-state index in [2.05, 4.69) is 36.9 Å². The molecule has 1 saturated heterocycles. The van der Waals surface area contributed by atoms with Gasteiger partial charge in [0.05, 0.1) is 4.90 Å². The standard InChI is InChI=1S/C18H21ClN2O2S/c1-14-6-7-15(2)18(12-14)20-8-10-21(11-9-20)24(22,23)17-5-3-4-16(19)13-17/h3-7,12-13H,8-11H2,1-2H3. The molecule has 0 atom stereocenters. The fourth-order valence-corrected chi connectivity index (χ4v) is 4.73. The predicted molar refractivity (Wildman–Crippen MR) is 98.3 cm³/mol. The average Bonchev–Trinajstić information content (AvgIpc) is 2.57. The Morgan fingerprint density at radius 3 is 2.33 bits per heavy atom. The van der Waals surface area contributed by atoms with E-state index in [9.17, 15) is 8.42 Å². The minimum absolute atomic E-state index is 0.259. The quantitative estimate of drug-likeness (QED) is 0.837. The van der Waals surface area contributed by atoms with Crippen LogP contribution in [0.15, 0.2) is 47.4 Å². The Morgan fingerprint density at radius 2 is 1.67 bits per heavy atom. The molecule has 24 heavy (non-hydrogen) atoms. The summed E-state index contributed by atoms with van der Waals surface area (Å²) in [5.41, 5.74) is 3.62. The summed E-state index contributed by atoms with van der Waals surface area (Å²) in [6.45, 7) is 6.48. The summed E-state index contributed by atoms with van der Waals surface area (Å²) in [5, 5.41) is 0.435. The maximum atomic E-state index is 12.8. The van der Waals surface area contributed by atoms with Gasteiger partial charge in [-0.2, -0.15) is 4.31 Å². The zero-order valence-electron chi connectivity index (χ0n) is 13.9. The molecule has 1 aliphatic rings. The van der Waals surface area contributed by atoms with E-state index in [4.69, 9.17) is 11.6 Å². The van der Waals surface area contributed by atoms with E-state index in [1.807, 2.05) is 0 Å². The van der Waals surface area contributed by atoms with Crippen molar-refractivity contribution in [1.29, 1.82) is 0 Å². The third-order valence-electron chi connectivity index (χ3n) is 4.38. The van der Waals surface area contributed by atoms with E-state index < -0.39 is 10.0 Å². The molecule has 2 aromatic rings. The number of aryl methyl sites for hydroxylation is 2. The van der Waals surface area contributed by atoms with Crippen molar-refractivity contribution in [3.8, 4) is 0 Å². The molecular weight excluding hydrogens is 344 g/mol. The van der Waals surface area contributed by atoms with Gasteiger partial charge in [0.2, 0.25) is 10.0 Å². The van der Waals surface area contributed by atoms with Gasteiger partial charge in [-0.1, -0.05) is 29.8 Å². The number of hydrogen-bond donors (Lipinski definition) is 0. The molecule has 0 unspecified atom stereocenters. The first-order valence-electron chi connectivity index (χ1n) is 7.96. The molecule has 128 valence electrons. The van der Waals surface area contributed by atoms with Crippen LogP contribution in [0.1, 0.15) is 11.1 Å². The molecule has 2 aromatic carbocycles. The van der Waals surface area contributed by atoms with Crippen LogP contribution in [-0.4, -0.2) is 38.9 Å². The van der Waals surface area contributed by atoms with Crippen LogP contribution in [0.25, 0.3) is 0 Å². The Hall–Kier alpha value is -1.56. The van der Waals surface area contributed by atoms with Crippen molar-refractivity contribution in [1.82, 2.24) is 4.31 Å². The Bertz CT molecular complexity index is 844.